The molecule has 0 aliphatic carbocycles. The average Bonchev–Trinajstić information content (AvgIpc) is 2.62. The number of rotatable bonds is 4. The summed E-state index contributed by atoms with van der Waals surface area (Å²) in [7, 11) is 4.86. The average molecular weight is 338 g/mol. The van der Waals surface area contributed by atoms with Gasteiger partial charge < -0.3 is 18.6 Å². The van der Waals surface area contributed by atoms with Gasteiger partial charge in [0.1, 0.15) is 0 Å². The standard InChI is InChI=1S/C19H18N2O4/c1-20-11-10-14(13-8-9-17(22)21(2)12-13)18(19(20)23)25-16-7-5-4-6-15(16)24-3/h4-12H,1-3H3. The van der Waals surface area contributed by atoms with Gasteiger partial charge in [0, 0.05) is 43.7 Å². The molecule has 128 valence electrons. The summed E-state index contributed by atoms with van der Waals surface area (Å²) in [6.45, 7) is 0. The predicted molar refractivity (Wildman–Crippen MR) is 95.4 cm³/mol. The highest BCUT2D eigenvalue weighted by molar-refractivity contribution is 5.69. The Kier molecular flexibility index (Phi) is 4.43. The summed E-state index contributed by atoms with van der Waals surface area (Å²) < 4.78 is 14.1. The first kappa shape index (κ1) is 16.6. The number of aryl methyl sites for hydroxylation is 2. The third-order valence-corrected chi connectivity index (χ3v) is 3.90. The molecule has 3 aromatic rings. The van der Waals surface area contributed by atoms with Crippen LogP contribution in [-0.4, -0.2) is 16.2 Å². The first-order valence-corrected chi connectivity index (χ1v) is 7.69. The highest BCUT2D eigenvalue weighted by Gasteiger charge is 2.16. The van der Waals surface area contributed by atoms with Gasteiger partial charge in [-0.25, -0.2) is 0 Å². The lowest BCUT2D eigenvalue weighted by Gasteiger charge is -2.14. The normalized spacial score (nSPS) is 10.5. The van der Waals surface area contributed by atoms with Crippen LogP contribution in [0.15, 0.2) is 64.4 Å². The number of methoxy groups -OCH3 is 1. The van der Waals surface area contributed by atoms with Gasteiger partial charge in [0.2, 0.25) is 11.3 Å². The zero-order chi connectivity index (χ0) is 18.0. The largest absolute Gasteiger partial charge is 0.493 e. The third-order valence-electron chi connectivity index (χ3n) is 3.90. The molecule has 0 radical (unpaired) electrons. The van der Waals surface area contributed by atoms with Crippen LogP contribution in [0.4, 0.5) is 0 Å². The Morgan fingerprint density at radius 1 is 0.880 bits per heavy atom. The second-order valence-corrected chi connectivity index (χ2v) is 5.59. The van der Waals surface area contributed by atoms with Crippen molar-refractivity contribution in [3.05, 3.63) is 75.6 Å². The first-order chi connectivity index (χ1) is 12.0. The molecule has 0 saturated heterocycles. The highest BCUT2D eigenvalue weighted by Crippen LogP contribution is 2.34. The van der Waals surface area contributed by atoms with E-state index >= 15 is 0 Å². The lowest BCUT2D eigenvalue weighted by Crippen LogP contribution is -2.19. The Hall–Kier alpha value is -3.28. The fourth-order valence-electron chi connectivity index (χ4n) is 2.50. The number of benzene rings is 1. The number of aromatic nitrogens is 2. The molecule has 0 spiro atoms. The van der Waals surface area contributed by atoms with Gasteiger partial charge in [0.15, 0.2) is 11.5 Å². The lowest BCUT2D eigenvalue weighted by atomic mass is 10.1. The summed E-state index contributed by atoms with van der Waals surface area (Å²) in [6.07, 6.45) is 3.34. The molecule has 0 bridgehead atoms. The second kappa shape index (κ2) is 6.68. The van der Waals surface area contributed by atoms with E-state index in [4.69, 9.17) is 9.47 Å². The van der Waals surface area contributed by atoms with E-state index in [0.29, 0.717) is 22.6 Å². The van der Waals surface area contributed by atoms with E-state index in [1.165, 1.54) is 15.2 Å². The third kappa shape index (κ3) is 3.19. The summed E-state index contributed by atoms with van der Waals surface area (Å²) in [4.78, 5) is 24.3. The fourth-order valence-corrected chi connectivity index (χ4v) is 2.50. The fraction of sp³-hybridized carbons (Fsp3) is 0.158. The van der Waals surface area contributed by atoms with E-state index in [-0.39, 0.29) is 16.9 Å². The van der Waals surface area contributed by atoms with Gasteiger partial charge in [0.05, 0.1) is 7.11 Å². The Labute approximate surface area is 144 Å². The molecule has 0 aliphatic heterocycles. The topological polar surface area (TPSA) is 62.5 Å². The van der Waals surface area contributed by atoms with E-state index in [0.717, 1.165) is 0 Å². The molecule has 2 heterocycles. The SMILES string of the molecule is COc1ccccc1Oc1c(-c2ccc(=O)n(C)c2)ccn(C)c1=O. The minimum Gasteiger partial charge on any atom is -0.493 e. The number of hydrogen-bond donors (Lipinski definition) is 0. The van der Waals surface area contributed by atoms with Crippen LogP contribution in [0.5, 0.6) is 17.2 Å². The van der Waals surface area contributed by atoms with E-state index < -0.39 is 0 Å². The Morgan fingerprint density at radius 2 is 1.60 bits per heavy atom. The quantitative estimate of drug-likeness (QED) is 0.733. The predicted octanol–water partition coefficient (Wildman–Crippen LogP) is 2.55. The van der Waals surface area contributed by atoms with Crippen molar-refractivity contribution in [1.82, 2.24) is 9.13 Å². The maximum Gasteiger partial charge on any atom is 0.293 e. The van der Waals surface area contributed by atoms with Gasteiger partial charge in [-0.15, -0.1) is 0 Å². The number of hydrogen-bond acceptors (Lipinski definition) is 4. The molecule has 6 nitrogen and oxygen atoms in total. The van der Waals surface area contributed by atoms with Crippen molar-refractivity contribution in [2.24, 2.45) is 14.1 Å². The second-order valence-electron chi connectivity index (χ2n) is 5.59. The molecule has 0 atom stereocenters. The Bertz CT molecular complexity index is 1030. The first-order valence-electron chi connectivity index (χ1n) is 7.69. The Morgan fingerprint density at radius 3 is 2.28 bits per heavy atom. The van der Waals surface area contributed by atoms with Gasteiger partial charge in [-0.2, -0.15) is 0 Å². The number of nitrogens with zero attached hydrogens (tertiary/aromatic N) is 2. The molecule has 0 unspecified atom stereocenters. The molecular weight excluding hydrogens is 320 g/mol. The van der Waals surface area contributed by atoms with E-state index in [1.54, 1.807) is 63.9 Å². The lowest BCUT2D eigenvalue weighted by molar-refractivity contribution is 0.377. The van der Waals surface area contributed by atoms with Crippen LogP contribution in [-0.2, 0) is 14.1 Å². The zero-order valence-corrected chi connectivity index (χ0v) is 14.2. The van der Waals surface area contributed by atoms with Crippen molar-refractivity contribution >= 4 is 0 Å². The number of ether oxygens (including phenoxy) is 2. The van der Waals surface area contributed by atoms with Gasteiger partial charge in [-0.3, -0.25) is 9.59 Å². The monoisotopic (exact) mass is 338 g/mol. The van der Waals surface area contributed by atoms with Crippen molar-refractivity contribution in [2.45, 2.75) is 0 Å². The molecular formula is C19H18N2O4. The maximum absolute atomic E-state index is 12.6. The van der Waals surface area contributed by atoms with Crippen molar-refractivity contribution in [2.75, 3.05) is 7.11 Å². The van der Waals surface area contributed by atoms with Crippen LogP contribution in [0.1, 0.15) is 0 Å². The van der Waals surface area contributed by atoms with Crippen LogP contribution >= 0.6 is 0 Å². The molecule has 25 heavy (non-hydrogen) atoms. The molecule has 1 aromatic carbocycles. The molecule has 6 heteroatoms. The minimum atomic E-state index is -0.280. The smallest absolute Gasteiger partial charge is 0.293 e. The van der Waals surface area contributed by atoms with Crippen molar-refractivity contribution in [3.8, 4) is 28.4 Å². The van der Waals surface area contributed by atoms with Crippen molar-refractivity contribution < 1.29 is 9.47 Å². The number of pyridine rings is 2. The summed E-state index contributed by atoms with van der Waals surface area (Å²) in [5.74, 6) is 1.15. The van der Waals surface area contributed by atoms with Crippen LogP contribution in [0.3, 0.4) is 0 Å². The molecule has 3 rings (SSSR count). The molecule has 0 aliphatic rings. The van der Waals surface area contributed by atoms with Crippen molar-refractivity contribution in [1.29, 1.82) is 0 Å². The van der Waals surface area contributed by atoms with Gasteiger partial charge in [-0.1, -0.05) is 12.1 Å². The van der Waals surface area contributed by atoms with Gasteiger partial charge >= 0.3 is 0 Å². The Balaban J connectivity index is 2.18. The van der Waals surface area contributed by atoms with E-state index in [1.807, 2.05) is 6.07 Å². The number of para-hydroxylation sites is 2. The van der Waals surface area contributed by atoms with Crippen LogP contribution in [0.25, 0.3) is 11.1 Å². The van der Waals surface area contributed by atoms with E-state index in [9.17, 15) is 9.59 Å². The van der Waals surface area contributed by atoms with Crippen molar-refractivity contribution in [3.63, 3.8) is 0 Å². The maximum atomic E-state index is 12.6. The van der Waals surface area contributed by atoms with Gasteiger partial charge in [0.25, 0.3) is 5.56 Å². The summed E-state index contributed by atoms with van der Waals surface area (Å²) in [6, 6.07) is 12.0. The van der Waals surface area contributed by atoms with E-state index in [2.05, 4.69) is 0 Å². The minimum absolute atomic E-state index is 0.125. The molecule has 0 saturated carbocycles. The summed E-state index contributed by atoms with van der Waals surface area (Å²) in [5, 5.41) is 0. The van der Waals surface area contributed by atoms with Crippen LogP contribution in [0, 0.1) is 0 Å². The molecule has 2 aromatic heterocycles. The summed E-state index contributed by atoms with van der Waals surface area (Å²) >= 11 is 0. The van der Waals surface area contributed by atoms with Gasteiger partial charge in [-0.05, 0) is 24.3 Å². The van der Waals surface area contributed by atoms with Crippen LogP contribution < -0.4 is 20.6 Å². The summed E-state index contributed by atoms with van der Waals surface area (Å²) in [5.41, 5.74) is 0.909. The highest BCUT2D eigenvalue weighted by atomic mass is 16.5. The zero-order valence-electron chi connectivity index (χ0n) is 14.2. The molecule has 0 amide bonds. The molecule has 0 N–H and O–H groups in total. The van der Waals surface area contributed by atoms with Crippen LogP contribution in [0.2, 0.25) is 0 Å². The molecule has 0 fully saturated rings.